The Kier molecular flexibility index (Phi) is 4.85. The normalized spacial score (nSPS) is 34.4. The monoisotopic (exact) mass is 442 g/mol. The number of carbonyl (C=O) groups excluding carboxylic acids is 3. The molecule has 1 amide bonds. The highest BCUT2D eigenvalue weighted by atomic mass is 16.3. The highest BCUT2D eigenvalue weighted by Gasteiger charge is 2.68. The minimum atomic E-state index is -2.81. The molecule has 1 aromatic rings. The Morgan fingerprint density at radius 1 is 1.16 bits per heavy atom. The van der Waals surface area contributed by atoms with Gasteiger partial charge in [0.25, 0.3) is 5.91 Å². The molecule has 4 rings (SSSR count). The first-order valence-electron chi connectivity index (χ1n) is 10.3. The number of phenols is 1. The molecule has 0 aliphatic heterocycles. The zero-order chi connectivity index (χ0) is 23.9. The van der Waals surface area contributed by atoms with Crippen LogP contribution in [-0.4, -0.2) is 74.6 Å². The third kappa shape index (κ3) is 2.52. The van der Waals surface area contributed by atoms with Crippen LogP contribution in [0, 0.1) is 11.8 Å². The minimum absolute atomic E-state index is 0.0168. The summed E-state index contributed by atoms with van der Waals surface area (Å²) >= 11 is 0. The molecule has 0 saturated heterocycles. The Hall–Kier alpha value is -3.01. The van der Waals surface area contributed by atoms with Gasteiger partial charge in [-0.05, 0) is 44.1 Å². The van der Waals surface area contributed by atoms with Gasteiger partial charge in [-0.2, -0.15) is 0 Å². The number of ketones is 2. The van der Waals surface area contributed by atoms with Crippen molar-refractivity contribution in [1.82, 2.24) is 4.90 Å². The molecule has 6 unspecified atom stereocenters. The van der Waals surface area contributed by atoms with Crippen molar-refractivity contribution in [3.63, 3.8) is 0 Å². The van der Waals surface area contributed by atoms with E-state index in [4.69, 9.17) is 5.73 Å². The van der Waals surface area contributed by atoms with Gasteiger partial charge in [-0.1, -0.05) is 19.1 Å². The van der Waals surface area contributed by atoms with Crippen LogP contribution in [0.4, 0.5) is 0 Å². The molecule has 1 fully saturated rings. The van der Waals surface area contributed by atoms with Crippen molar-refractivity contribution in [3.05, 3.63) is 46.0 Å². The van der Waals surface area contributed by atoms with Gasteiger partial charge in [-0.3, -0.25) is 14.4 Å². The minimum Gasteiger partial charge on any atom is -0.507 e. The second-order valence-electron chi connectivity index (χ2n) is 9.09. The Bertz CT molecular complexity index is 1140. The van der Waals surface area contributed by atoms with Crippen LogP contribution in [0.2, 0.25) is 0 Å². The smallest absolute Gasteiger partial charge is 0.252 e. The second-order valence-corrected chi connectivity index (χ2v) is 9.09. The molecular weight excluding hydrogens is 416 g/mol. The number of nitrogens with zero attached hydrogens (tertiary/aromatic N) is 1. The summed E-state index contributed by atoms with van der Waals surface area (Å²) in [6, 6.07) is 3.77. The SMILES string of the molecule is CC1=C(C(N)=O)C(=O)C2(O)C(=O)C3=C(O)c4c(O)cccc4C(C)C3C(O)C2C1N(C)C. The van der Waals surface area contributed by atoms with Gasteiger partial charge in [-0.25, -0.2) is 0 Å². The van der Waals surface area contributed by atoms with Crippen molar-refractivity contribution in [2.45, 2.75) is 37.5 Å². The molecule has 0 aromatic heterocycles. The third-order valence-corrected chi connectivity index (χ3v) is 7.29. The fourth-order valence-electron chi connectivity index (χ4n) is 5.95. The highest BCUT2D eigenvalue weighted by Crippen LogP contribution is 2.55. The predicted octanol–water partition coefficient (Wildman–Crippen LogP) is 0.000200. The van der Waals surface area contributed by atoms with E-state index in [0.29, 0.717) is 5.56 Å². The van der Waals surface area contributed by atoms with Gasteiger partial charge in [0.05, 0.1) is 17.2 Å². The third-order valence-electron chi connectivity index (χ3n) is 7.29. The molecule has 6 N–H and O–H groups in total. The largest absolute Gasteiger partial charge is 0.507 e. The summed E-state index contributed by atoms with van der Waals surface area (Å²) < 4.78 is 0. The van der Waals surface area contributed by atoms with Crippen molar-refractivity contribution in [2.24, 2.45) is 17.6 Å². The van der Waals surface area contributed by atoms with Crippen LogP contribution in [0.3, 0.4) is 0 Å². The Balaban J connectivity index is 2.05. The predicted molar refractivity (Wildman–Crippen MR) is 113 cm³/mol. The fraction of sp³-hybridized carbons (Fsp3) is 0.435. The van der Waals surface area contributed by atoms with E-state index in [-0.39, 0.29) is 22.5 Å². The molecule has 0 radical (unpaired) electrons. The van der Waals surface area contributed by atoms with Crippen molar-refractivity contribution < 1.29 is 34.8 Å². The number of aromatic hydroxyl groups is 1. The molecular formula is C23H26N2O7. The Labute approximate surface area is 184 Å². The van der Waals surface area contributed by atoms with Crippen LogP contribution < -0.4 is 5.73 Å². The summed E-state index contributed by atoms with van der Waals surface area (Å²) in [5.41, 5.74) is 2.58. The molecule has 9 heteroatoms. The molecule has 0 spiro atoms. The zero-order valence-corrected chi connectivity index (χ0v) is 18.2. The first-order valence-corrected chi connectivity index (χ1v) is 10.3. The van der Waals surface area contributed by atoms with Gasteiger partial charge in [0.1, 0.15) is 11.5 Å². The molecule has 32 heavy (non-hydrogen) atoms. The lowest BCUT2D eigenvalue weighted by atomic mass is 9.53. The van der Waals surface area contributed by atoms with Crippen molar-refractivity contribution in [3.8, 4) is 5.75 Å². The van der Waals surface area contributed by atoms with E-state index in [1.54, 1.807) is 38.1 Å². The molecule has 0 heterocycles. The quantitative estimate of drug-likeness (QED) is 0.316. The number of nitrogens with two attached hydrogens (primary N) is 1. The van der Waals surface area contributed by atoms with E-state index in [9.17, 15) is 34.8 Å². The maximum absolute atomic E-state index is 13.7. The van der Waals surface area contributed by atoms with Gasteiger partial charge in [0, 0.05) is 23.5 Å². The lowest BCUT2D eigenvalue weighted by molar-refractivity contribution is -0.173. The number of likely N-dealkylation sites (N-methyl/N-ethyl adjacent to an activating group) is 1. The number of carbonyl (C=O) groups is 3. The summed E-state index contributed by atoms with van der Waals surface area (Å²) in [5, 5.41) is 44.4. The summed E-state index contributed by atoms with van der Waals surface area (Å²) in [5.74, 6) is -7.02. The highest BCUT2D eigenvalue weighted by molar-refractivity contribution is 6.33. The Morgan fingerprint density at radius 3 is 2.34 bits per heavy atom. The Morgan fingerprint density at radius 2 is 1.78 bits per heavy atom. The number of phenolic OH excluding ortho intramolecular Hbond substituents is 1. The van der Waals surface area contributed by atoms with Crippen LogP contribution in [0.1, 0.15) is 30.9 Å². The van der Waals surface area contributed by atoms with E-state index in [1.807, 2.05) is 0 Å². The van der Waals surface area contributed by atoms with Crippen LogP contribution in [0.25, 0.3) is 5.76 Å². The van der Waals surface area contributed by atoms with Gasteiger partial charge < -0.3 is 31.1 Å². The van der Waals surface area contributed by atoms with Crippen molar-refractivity contribution in [2.75, 3.05) is 14.1 Å². The average molecular weight is 442 g/mol. The number of hydrogen-bond donors (Lipinski definition) is 5. The van der Waals surface area contributed by atoms with Crippen molar-refractivity contribution in [1.29, 1.82) is 0 Å². The van der Waals surface area contributed by atoms with Crippen LogP contribution in [0.5, 0.6) is 5.75 Å². The van der Waals surface area contributed by atoms with Gasteiger partial charge >= 0.3 is 0 Å². The number of fused-ring (bicyclic) bond motifs is 3. The summed E-state index contributed by atoms with van der Waals surface area (Å²) in [7, 11) is 3.28. The number of amides is 1. The average Bonchev–Trinajstić information content (AvgIpc) is 2.70. The molecule has 6 atom stereocenters. The zero-order valence-electron chi connectivity index (χ0n) is 18.2. The maximum Gasteiger partial charge on any atom is 0.252 e. The van der Waals surface area contributed by atoms with Crippen LogP contribution in [-0.2, 0) is 14.4 Å². The molecule has 1 saturated carbocycles. The fourth-order valence-corrected chi connectivity index (χ4v) is 5.95. The molecule has 1 aromatic carbocycles. The van der Waals surface area contributed by atoms with Crippen LogP contribution >= 0.6 is 0 Å². The summed E-state index contributed by atoms with van der Waals surface area (Å²) in [6.07, 6.45) is -1.43. The van der Waals surface area contributed by atoms with Gasteiger partial charge in [0.2, 0.25) is 11.6 Å². The number of primary amides is 1. The molecule has 0 bridgehead atoms. The van der Waals surface area contributed by atoms with Crippen molar-refractivity contribution >= 4 is 23.2 Å². The molecule has 3 aliphatic carbocycles. The summed E-state index contributed by atoms with van der Waals surface area (Å²) in [6.45, 7) is 3.25. The first kappa shape index (κ1) is 22.2. The number of benzene rings is 1. The van der Waals surface area contributed by atoms with E-state index >= 15 is 0 Å². The maximum atomic E-state index is 13.7. The van der Waals surface area contributed by atoms with Gasteiger partial charge in [-0.15, -0.1) is 0 Å². The van der Waals surface area contributed by atoms with E-state index < -0.39 is 64.3 Å². The number of aliphatic hydroxyl groups is 3. The lowest BCUT2D eigenvalue weighted by Crippen LogP contribution is -2.71. The second kappa shape index (κ2) is 6.99. The summed E-state index contributed by atoms with van der Waals surface area (Å²) in [4.78, 5) is 40.7. The molecule has 3 aliphatic rings. The number of rotatable bonds is 2. The van der Waals surface area contributed by atoms with E-state index in [0.717, 1.165) is 0 Å². The number of aliphatic hydroxyl groups excluding tert-OH is 2. The van der Waals surface area contributed by atoms with E-state index in [2.05, 4.69) is 0 Å². The standard InChI is InChI=1S/C23H26N2O7/c1-8-10-6-5-7-11(26)14(10)18(27)15-12(8)19(28)16-17(25(3)4)9(2)13(22(24)31)20(29)23(16,32)21(15)30/h5-8,12,16-17,19,26-28,32H,1-4H3,(H2,24,31). The van der Waals surface area contributed by atoms with E-state index in [1.165, 1.54) is 13.0 Å². The van der Waals surface area contributed by atoms with Crippen LogP contribution in [0.15, 0.2) is 34.9 Å². The molecule has 9 nitrogen and oxygen atoms in total. The van der Waals surface area contributed by atoms with Gasteiger partial charge in [0.15, 0.2) is 5.60 Å². The number of Topliss-reactive ketones (excluding diaryl/α,β-unsaturated/α-hetero) is 2. The topological polar surface area (TPSA) is 161 Å². The first-order chi connectivity index (χ1) is 14.9. The number of hydrogen-bond acceptors (Lipinski definition) is 8. The molecule has 170 valence electrons. The lowest BCUT2D eigenvalue weighted by Gasteiger charge is -2.54.